The lowest BCUT2D eigenvalue weighted by atomic mass is 9.64. The van der Waals surface area contributed by atoms with Gasteiger partial charge in [-0.15, -0.1) is 0 Å². The Hall–Kier alpha value is -2.64. The van der Waals surface area contributed by atoms with Crippen LogP contribution >= 0.6 is 0 Å². The van der Waals surface area contributed by atoms with Crippen molar-refractivity contribution in [2.24, 2.45) is 11.3 Å². The van der Waals surface area contributed by atoms with Gasteiger partial charge in [0.2, 0.25) is 11.8 Å². The molecule has 8 heteroatoms. The van der Waals surface area contributed by atoms with E-state index in [-0.39, 0.29) is 36.4 Å². The van der Waals surface area contributed by atoms with Crippen LogP contribution in [0, 0.1) is 11.3 Å². The minimum atomic E-state index is -0.894. The van der Waals surface area contributed by atoms with Gasteiger partial charge in [0.05, 0.1) is 6.10 Å². The molecule has 2 fully saturated rings. The second-order valence-corrected chi connectivity index (χ2v) is 9.71. The first kappa shape index (κ1) is 22.1. The third kappa shape index (κ3) is 4.91. The van der Waals surface area contributed by atoms with E-state index in [0.29, 0.717) is 24.6 Å². The molecule has 3 rings (SSSR count). The monoisotopic (exact) mass is 416 g/mol. The van der Waals surface area contributed by atoms with Crippen molar-refractivity contribution in [3.05, 3.63) is 23.9 Å². The van der Waals surface area contributed by atoms with Crippen LogP contribution in [-0.2, 0) is 16.1 Å². The summed E-state index contributed by atoms with van der Waals surface area (Å²) < 4.78 is 5.50. The molecule has 1 saturated heterocycles. The van der Waals surface area contributed by atoms with Crippen molar-refractivity contribution in [1.29, 1.82) is 0 Å². The van der Waals surface area contributed by atoms with E-state index in [1.807, 2.05) is 19.9 Å². The van der Waals surface area contributed by atoms with Crippen LogP contribution in [0.3, 0.4) is 0 Å². The van der Waals surface area contributed by atoms with Crippen LogP contribution < -0.4 is 15.4 Å². The lowest BCUT2D eigenvalue weighted by Gasteiger charge is -2.43. The van der Waals surface area contributed by atoms with Crippen molar-refractivity contribution < 1.29 is 19.1 Å². The summed E-state index contributed by atoms with van der Waals surface area (Å²) in [6.07, 6.45) is 3.87. The number of pyridine rings is 1. The highest BCUT2D eigenvalue weighted by Crippen LogP contribution is 2.46. The summed E-state index contributed by atoms with van der Waals surface area (Å²) in [4.78, 5) is 43.3. The van der Waals surface area contributed by atoms with Gasteiger partial charge in [-0.2, -0.15) is 0 Å². The summed E-state index contributed by atoms with van der Waals surface area (Å²) in [6, 6.07) is 3.07. The molecule has 164 valence electrons. The van der Waals surface area contributed by atoms with Crippen molar-refractivity contribution >= 4 is 17.8 Å². The van der Waals surface area contributed by atoms with Gasteiger partial charge < -0.3 is 15.4 Å². The highest BCUT2D eigenvalue weighted by Gasteiger charge is 2.56. The predicted octanol–water partition coefficient (Wildman–Crippen LogP) is 2.62. The van der Waals surface area contributed by atoms with Crippen molar-refractivity contribution in [2.45, 2.75) is 72.1 Å². The molecule has 0 radical (unpaired) electrons. The second-order valence-electron chi connectivity index (χ2n) is 9.71. The van der Waals surface area contributed by atoms with Gasteiger partial charge in [-0.25, -0.2) is 9.78 Å². The first-order valence-electron chi connectivity index (χ1n) is 10.5. The number of nitrogens with one attached hydrogen (secondary N) is 2. The van der Waals surface area contributed by atoms with Crippen LogP contribution in [0.15, 0.2) is 18.3 Å². The number of aromatic nitrogens is 1. The molecule has 1 saturated carbocycles. The minimum Gasteiger partial charge on any atom is -0.475 e. The molecule has 4 amide bonds. The number of carbonyl (C=O) groups is 3. The van der Waals surface area contributed by atoms with Gasteiger partial charge in [0.15, 0.2) is 0 Å². The molecule has 1 aliphatic carbocycles. The summed E-state index contributed by atoms with van der Waals surface area (Å²) in [5.74, 6) is 0.163. The fraction of sp³-hybridized carbons (Fsp3) is 0.636. The van der Waals surface area contributed by atoms with E-state index < -0.39 is 11.6 Å². The molecule has 2 aliphatic rings. The van der Waals surface area contributed by atoms with E-state index in [4.69, 9.17) is 4.74 Å². The zero-order valence-electron chi connectivity index (χ0n) is 18.4. The number of ether oxygens (including phenoxy) is 1. The quantitative estimate of drug-likeness (QED) is 0.695. The van der Waals surface area contributed by atoms with Gasteiger partial charge in [0.1, 0.15) is 12.1 Å². The van der Waals surface area contributed by atoms with Crippen LogP contribution in [0.5, 0.6) is 5.88 Å². The van der Waals surface area contributed by atoms with Gasteiger partial charge >= 0.3 is 6.03 Å². The van der Waals surface area contributed by atoms with E-state index >= 15 is 0 Å². The van der Waals surface area contributed by atoms with Crippen LogP contribution in [0.1, 0.15) is 59.4 Å². The molecule has 0 aromatic carbocycles. The summed E-state index contributed by atoms with van der Waals surface area (Å²) in [6.45, 7) is 10.1. The molecule has 2 N–H and O–H groups in total. The average Bonchev–Trinajstić information content (AvgIpc) is 2.82. The lowest BCUT2D eigenvalue weighted by Crippen LogP contribution is -2.54. The molecular weight excluding hydrogens is 384 g/mol. The Labute approximate surface area is 177 Å². The summed E-state index contributed by atoms with van der Waals surface area (Å²) in [5, 5.41) is 5.64. The van der Waals surface area contributed by atoms with Crippen molar-refractivity contribution in [3.63, 3.8) is 0 Å². The van der Waals surface area contributed by atoms with Crippen molar-refractivity contribution in [3.8, 4) is 5.88 Å². The number of rotatable bonds is 6. The van der Waals surface area contributed by atoms with Crippen molar-refractivity contribution in [1.82, 2.24) is 20.5 Å². The number of urea groups is 1. The Morgan fingerprint density at radius 2 is 2.07 bits per heavy atom. The SMILES string of the molecule is CC1CC(C)(C)CC2(C1)NC(=O)N(CC(=O)NCc1ccc(OC(C)C)nc1)C2=O. The fourth-order valence-corrected chi connectivity index (χ4v) is 4.88. The number of hydrogen-bond acceptors (Lipinski definition) is 5. The van der Waals surface area contributed by atoms with Gasteiger partial charge in [-0.3, -0.25) is 14.5 Å². The molecule has 2 unspecified atom stereocenters. The fourth-order valence-electron chi connectivity index (χ4n) is 4.88. The zero-order chi connectivity index (χ0) is 22.1. The lowest BCUT2D eigenvalue weighted by molar-refractivity contribution is -0.137. The molecule has 1 aliphatic heterocycles. The van der Waals surface area contributed by atoms with E-state index in [1.165, 1.54) is 0 Å². The molecule has 1 spiro atoms. The van der Waals surface area contributed by atoms with E-state index in [0.717, 1.165) is 16.9 Å². The van der Waals surface area contributed by atoms with E-state index in [1.54, 1.807) is 12.3 Å². The maximum atomic E-state index is 13.1. The summed E-state index contributed by atoms with van der Waals surface area (Å²) in [7, 11) is 0. The molecule has 2 atom stereocenters. The Morgan fingerprint density at radius 3 is 2.67 bits per heavy atom. The topological polar surface area (TPSA) is 101 Å². The maximum Gasteiger partial charge on any atom is 0.325 e. The highest BCUT2D eigenvalue weighted by molar-refractivity contribution is 6.09. The summed E-state index contributed by atoms with van der Waals surface area (Å²) in [5.41, 5.74) is -0.137. The van der Waals surface area contributed by atoms with Crippen LogP contribution in [-0.4, -0.2) is 45.9 Å². The number of carbonyl (C=O) groups excluding carboxylic acids is 3. The molecule has 1 aromatic heterocycles. The summed E-state index contributed by atoms with van der Waals surface area (Å²) >= 11 is 0. The van der Waals surface area contributed by atoms with Gasteiger partial charge in [-0.1, -0.05) is 26.8 Å². The Bertz CT molecular complexity index is 821. The number of nitrogens with zero attached hydrogens (tertiary/aromatic N) is 2. The smallest absolute Gasteiger partial charge is 0.325 e. The largest absolute Gasteiger partial charge is 0.475 e. The standard InChI is InChI=1S/C22H32N4O4/c1-14(2)30-18-7-6-16(11-24-18)10-23-17(27)12-26-19(28)22(25-20(26)29)9-15(3)8-21(4,5)13-22/h6-7,11,14-15H,8-10,12-13H2,1-5H3,(H,23,27)(H,25,29). The third-order valence-corrected chi connectivity index (χ3v) is 5.57. The Kier molecular flexibility index (Phi) is 6.06. The molecule has 0 bridgehead atoms. The molecule has 8 nitrogen and oxygen atoms in total. The number of imide groups is 1. The maximum absolute atomic E-state index is 13.1. The molecule has 2 heterocycles. The van der Waals surface area contributed by atoms with Crippen molar-refractivity contribution in [2.75, 3.05) is 6.54 Å². The average molecular weight is 417 g/mol. The molecule has 1 aromatic rings. The first-order valence-corrected chi connectivity index (χ1v) is 10.5. The van der Waals surface area contributed by atoms with Crippen LogP contribution in [0.2, 0.25) is 0 Å². The number of amides is 4. The zero-order valence-corrected chi connectivity index (χ0v) is 18.4. The van der Waals surface area contributed by atoms with Gasteiger partial charge in [0.25, 0.3) is 5.91 Å². The van der Waals surface area contributed by atoms with Gasteiger partial charge in [-0.05, 0) is 50.0 Å². The Morgan fingerprint density at radius 1 is 1.33 bits per heavy atom. The van der Waals surface area contributed by atoms with E-state index in [2.05, 4.69) is 36.4 Å². The number of hydrogen-bond donors (Lipinski definition) is 2. The molecular formula is C22H32N4O4. The minimum absolute atomic E-state index is 0.0354. The van der Waals surface area contributed by atoms with E-state index in [9.17, 15) is 14.4 Å². The third-order valence-electron chi connectivity index (χ3n) is 5.57. The molecule has 30 heavy (non-hydrogen) atoms. The van der Waals surface area contributed by atoms with Gasteiger partial charge in [0, 0.05) is 18.8 Å². The second kappa shape index (κ2) is 8.24. The Balaban J connectivity index is 1.57. The van der Waals surface area contributed by atoms with Crippen LogP contribution in [0.25, 0.3) is 0 Å². The first-order chi connectivity index (χ1) is 14.0. The highest BCUT2D eigenvalue weighted by atomic mass is 16.5. The normalized spacial score (nSPS) is 25.5. The predicted molar refractivity (Wildman–Crippen MR) is 112 cm³/mol. The van der Waals surface area contributed by atoms with Crippen LogP contribution in [0.4, 0.5) is 4.79 Å².